The van der Waals surface area contributed by atoms with Crippen LogP contribution in [-0.4, -0.2) is 28.6 Å². The maximum Gasteiger partial charge on any atom is 0.415 e. The number of benzene rings is 4. The number of carbonyl (C=O) groups is 1. The first-order chi connectivity index (χ1) is 18.1. The zero-order valence-electron chi connectivity index (χ0n) is 21.0. The van der Waals surface area contributed by atoms with Gasteiger partial charge in [0.2, 0.25) is 0 Å². The second-order valence-corrected chi connectivity index (χ2v) is 8.89. The molecule has 0 bridgehead atoms. The number of carbonyl (C=O) groups excluding carboxylic acids is 1. The maximum absolute atomic E-state index is 13.8. The molecule has 5 aromatic rings. The van der Waals surface area contributed by atoms with Crippen LogP contribution in [0, 0.1) is 5.82 Å². The molecule has 0 radical (unpaired) electrons. The van der Waals surface area contributed by atoms with E-state index in [1.54, 1.807) is 17.0 Å². The first-order valence-corrected chi connectivity index (χ1v) is 12.6. The number of hydrogen-bond donors (Lipinski definition) is 0. The molecule has 5 rings (SSSR count). The minimum Gasteiger partial charge on any atom is -0.410 e. The van der Waals surface area contributed by atoms with Crippen molar-refractivity contribution in [1.29, 1.82) is 0 Å². The summed E-state index contributed by atoms with van der Waals surface area (Å²) < 4.78 is 21.8. The van der Waals surface area contributed by atoms with Crippen molar-refractivity contribution < 1.29 is 13.9 Å². The molecule has 37 heavy (non-hydrogen) atoms. The van der Waals surface area contributed by atoms with Crippen LogP contribution in [0.4, 0.5) is 9.18 Å². The van der Waals surface area contributed by atoms with Crippen molar-refractivity contribution in [3.63, 3.8) is 0 Å². The molecule has 0 atom stereocenters. The summed E-state index contributed by atoms with van der Waals surface area (Å²) in [6.07, 6.45) is 1.65. The standard InChI is InChI=1S/C32H29FN2O2/c1-3-34(4-2)32(36)37-30-19-18-29-28(31(30)24-14-16-26(33)17-15-24)20-21-35(29)22-25-12-8-9-13-27(25)23-10-6-5-7-11-23/h5-21H,3-4,22H2,1-2H3. The van der Waals surface area contributed by atoms with Gasteiger partial charge in [-0.05, 0) is 66.4 Å². The molecule has 5 heteroatoms. The average Bonchev–Trinajstić information content (AvgIpc) is 3.33. The molecule has 0 aliphatic heterocycles. The number of amides is 1. The Morgan fingerprint density at radius 2 is 1.51 bits per heavy atom. The van der Waals surface area contributed by atoms with Crippen molar-refractivity contribution in [2.24, 2.45) is 0 Å². The Kier molecular flexibility index (Phi) is 7.04. The molecule has 1 heterocycles. The topological polar surface area (TPSA) is 34.5 Å². The van der Waals surface area contributed by atoms with E-state index in [-0.39, 0.29) is 5.82 Å². The van der Waals surface area contributed by atoms with Crippen molar-refractivity contribution in [1.82, 2.24) is 9.47 Å². The lowest BCUT2D eigenvalue weighted by atomic mass is 9.99. The number of halogens is 1. The number of fused-ring (bicyclic) bond motifs is 1. The van der Waals surface area contributed by atoms with Crippen LogP contribution in [-0.2, 0) is 6.54 Å². The summed E-state index contributed by atoms with van der Waals surface area (Å²) in [6, 6.07) is 30.9. The van der Waals surface area contributed by atoms with Crippen LogP contribution in [0.15, 0.2) is 103 Å². The maximum atomic E-state index is 13.8. The highest BCUT2D eigenvalue weighted by Crippen LogP contribution is 2.38. The fraction of sp³-hybridized carbons (Fsp3) is 0.156. The van der Waals surface area contributed by atoms with Gasteiger partial charge < -0.3 is 14.2 Å². The van der Waals surface area contributed by atoms with Crippen molar-refractivity contribution in [3.05, 3.63) is 115 Å². The van der Waals surface area contributed by atoms with E-state index in [0.717, 1.165) is 22.0 Å². The number of hydrogen-bond acceptors (Lipinski definition) is 2. The van der Waals surface area contributed by atoms with Crippen molar-refractivity contribution in [2.75, 3.05) is 13.1 Å². The molecule has 0 spiro atoms. The van der Waals surface area contributed by atoms with Gasteiger partial charge in [-0.2, -0.15) is 0 Å². The Hall–Kier alpha value is -4.38. The molecular formula is C32H29FN2O2. The van der Waals surface area contributed by atoms with Gasteiger partial charge in [-0.3, -0.25) is 0 Å². The number of ether oxygens (including phenoxy) is 1. The van der Waals surface area contributed by atoms with Gasteiger partial charge in [-0.15, -0.1) is 0 Å². The summed E-state index contributed by atoms with van der Waals surface area (Å²) >= 11 is 0. The second-order valence-electron chi connectivity index (χ2n) is 8.89. The average molecular weight is 493 g/mol. The van der Waals surface area contributed by atoms with Gasteiger partial charge in [0, 0.05) is 42.3 Å². The fourth-order valence-corrected chi connectivity index (χ4v) is 4.77. The Morgan fingerprint density at radius 1 is 0.811 bits per heavy atom. The van der Waals surface area contributed by atoms with Gasteiger partial charge in [0.1, 0.15) is 11.6 Å². The van der Waals surface area contributed by atoms with Crippen LogP contribution in [0.2, 0.25) is 0 Å². The molecule has 0 unspecified atom stereocenters. The lowest BCUT2D eigenvalue weighted by molar-refractivity contribution is 0.157. The normalized spacial score (nSPS) is 11.0. The lowest BCUT2D eigenvalue weighted by Crippen LogP contribution is -2.33. The van der Waals surface area contributed by atoms with Crippen LogP contribution < -0.4 is 4.74 Å². The molecule has 186 valence electrons. The van der Waals surface area contributed by atoms with Crippen LogP contribution in [0.3, 0.4) is 0 Å². The van der Waals surface area contributed by atoms with E-state index in [9.17, 15) is 9.18 Å². The highest BCUT2D eigenvalue weighted by atomic mass is 19.1. The third kappa shape index (κ3) is 4.98. The molecule has 1 aromatic heterocycles. The highest BCUT2D eigenvalue weighted by Gasteiger charge is 2.19. The number of rotatable bonds is 7. The van der Waals surface area contributed by atoms with Gasteiger partial charge >= 0.3 is 6.09 Å². The molecule has 1 amide bonds. The molecule has 0 saturated heterocycles. The predicted molar refractivity (Wildman–Crippen MR) is 147 cm³/mol. The molecule has 0 saturated carbocycles. The monoisotopic (exact) mass is 492 g/mol. The number of aromatic nitrogens is 1. The largest absolute Gasteiger partial charge is 0.415 e. The van der Waals surface area contributed by atoms with Crippen LogP contribution >= 0.6 is 0 Å². The minimum absolute atomic E-state index is 0.312. The van der Waals surface area contributed by atoms with E-state index in [4.69, 9.17) is 4.74 Å². The summed E-state index contributed by atoms with van der Waals surface area (Å²) in [7, 11) is 0. The summed E-state index contributed by atoms with van der Waals surface area (Å²) in [6.45, 7) is 5.63. The van der Waals surface area contributed by atoms with E-state index in [0.29, 0.717) is 25.4 Å². The highest BCUT2D eigenvalue weighted by molar-refractivity contribution is 5.99. The van der Waals surface area contributed by atoms with E-state index < -0.39 is 6.09 Å². The zero-order valence-corrected chi connectivity index (χ0v) is 21.0. The molecule has 0 aliphatic rings. The fourth-order valence-electron chi connectivity index (χ4n) is 4.77. The summed E-state index contributed by atoms with van der Waals surface area (Å²) in [5, 5.41) is 0.939. The summed E-state index contributed by atoms with van der Waals surface area (Å²) in [5.41, 5.74) is 6.13. The molecule has 0 fully saturated rings. The van der Waals surface area contributed by atoms with Crippen LogP contribution in [0.5, 0.6) is 5.75 Å². The van der Waals surface area contributed by atoms with E-state index in [1.165, 1.54) is 28.8 Å². The lowest BCUT2D eigenvalue weighted by Gasteiger charge is -2.20. The Balaban J connectivity index is 1.59. The minimum atomic E-state index is -0.399. The summed E-state index contributed by atoms with van der Waals surface area (Å²) in [4.78, 5) is 14.4. The first-order valence-electron chi connectivity index (χ1n) is 12.6. The molecule has 4 nitrogen and oxygen atoms in total. The molecule has 0 aliphatic carbocycles. The Morgan fingerprint density at radius 3 is 2.24 bits per heavy atom. The molecule has 4 aromatic carbocycles. The van der Waals surface area contributed by atoms with Gasteiger partial charge in [-0.25, -0.2) is 9.18 Å². The first kappa shape index (κ1) is 24.3. The van der Waals surface area contributed by atoms with E-state index in [2.05, 4.69) is 47.2 Å². The molecular weight excluding hydrogens is 463 g/mol. The van der Waals surface area contributed by atoms with Gasteiger partial charge in [0.05, 0.1) is 0 Å². The van der Waals surface area contributed by atoms with Crippen molar-refractivity contribution >= 4 is 17.0 Å². The Labute approximate surface area is 216 Å². The quantitative estimate of drug-likeness (QED) is 0.231. The van der Waals surface area contributed by atoms with Gasteiger partial charge in [-0.1, -0.05) is 66.7 Å². The third-order valence-electron chi connectivity index (χ3n) is 6.71. The van der Waals surface area contributed by atoms with E-state index >= 15 is 0 Å². The third-order valence-corrected chi connectivity index (χ3v) is 6.71. The van der Waals surface area contributed by atoms with Crippen LogP contribution in [0.25, 0.3) is 33.2 Å². The van der Waals surface area contributed by atoms with Crippen LogP contribution in [0.1, 0.15) is 19.4 Å². The smallest absolute Gasteiger partial charge is 0.410 e. The SMILES string of the molecule is CCN(CC)C(=O)Oc1ccc2c(ccn2Cc2ccccc2-c2ccccc2)c1-c1ccc(F)cc1. The Bertz CT molecular complexity index is 1520. The number of nitrogens with zero attached hydrogens (tertiary/aromatic N) is 2. The van der Waals surface area contributed by atoms with E-state index in [1.807, 2.05) is 50.2 Å². The van der Waals surface area contributed by atoms with Gasteiger partial charge in [0.25, 0.3) is 0 Å². The molecule has 0 N–H and O–H groups in total. The predicted octanol–water partition coefficient (Wildman–Crippen LogP) is 8.00. The summed E-state index contributed by atoms with van der Waals surface area (Å²) in [5.74, 6) is 0.145. The second kappa shape index (κ2) is 10.7. The zero-order chi connectivity index (χ0) is 25.8. The van der Waals surface area contributed by atoms with Crippen molar-refractivity contribution in [3.8, 4) is 28.0 Å². The van der Waals surface area contributed by atoms with Crippen molar-refractivity contribution in [2.45, 2.75) is 20.4 Å². The van der Waals surface area contributed by atoms with Gasteiger partial charge in [0.15, 0.2) is 0 Å².